The highest BCUT2D eigenvalue weighted by atomic mass is 127. The van der Waals surface area contributed by atoms with E-state index in [1.807, 2.05) is 30.6 Å². The van der Waals surface area contributed by atoms with Crippen LogP contribution in [-0.2, 0) is 3.42 Å². The molecule has 0 saturated carbocycles. The Morgan fingerprint density at radius 1 is 1.14 bits per heavy atom. The Labute approximate surface area is 96.9 Å². The highest BCUT2D eigenvalue weighted by Gasteiger charge is 2.19. The first-order valence-electron chi connectivity index (χ1n) is 4.48. The van der Waals surface area contributed by atoms with E-state index in [2.05, 4.69) is 46.4 Å². The average molecular weight is 298 g/mol. The molecule has 2 heterocycles. The highest BCUT2D eigenvalue weighted by molar-refractivity contribution is 14.1. The first-order valence-corrected chi connectivity index (χ1v) is 5.56. The summed E-state index contributed by atoms with van der Waals surface area (Å²) in [5.41, 5.74) is 3.22. The number of pyridine rings is 2. The average Bonchev–Trinajstić information content (AvgIpc) is 2.15. The highest BCUT2D eigenvalue weighted by Crippen LogP contribution is 2.33. The molecule has 3 heteroatoms. The minimum atomic E-state index is 0.0906. The minimum Gasteiger partial charge on any atom is -0.255 e. The molecule has 0 spiro atoms. The van der Waals surface area contributed by atoms with Gasteiger partial charge in [0.1, 0.15) is 0 Å². The van der Waals surface area contributed by atoms with Crippen molar-refractivity contribution in [2.45, 2.75) is 17.3 Å². The summed E-state index contributed by atoms with van der Waals surface area (Å²) < 4.78 is 0.0906. The van der Waals surface area contributed by atoms with Gasteiger partial charge in [-0.2, -0.15) is 0 Å². The van der Waals surface area contributed by atoms with E-state index in [4.69, 9.17) is 0 Å². The number of alkyl halides is 1. The third-order valence-corrected chi connectivity index (χ3v) is 2.72. The lowest BCUT2D eigenvalue weighted by Crippen LogP contribution is -2.08. The summed E-state index contributed by atoms with van der Waals surface area (Å²) >= 11 is 2.42. The quantitative estimate of drug-likeness (QED) is 0.596. The SMILES string of the molecule is CC(C)(I)c1ccnc2cccnc12. The fourth-order valence-corrected chi connectivity index (χ4v) is 1.89. The van der Waals surface area contributed by atoms with Gasteiger partial charge in [0.05, 0.1) is 11.0 Å². The molecule has 0 aliphatic heterocycles. The second-order valence-electron chi connectivity index (χ2n) is 3.70. The smallest absolute Gasteiger partial charge is 0.0931 e. The Kier molecular flexibility index (Phi) is 2.43. The standard InChI is InChI=1S/C11H11IN2/c1-11(2,12)8-5-7-13-9-4-3-6-14-10(8)9/h3-7H,1-2H3. The summed E-state index contributed by atoms with van der Waals surface area (Å²) in [6.45, 7) is 4.36. The van der Waals surface area contributed by atoms with Crippen molar-refractivity contribution >= 4 is 33.6 Å². The number of rotatable bonds is 1. The van der Waals surface area contributed by atoms with Crippen molar-refractivity contribution in [3.8, 4) is 0 Å². The van der Waals surface area contributed by atoms with Crippen molar-refractivity contribution in [3.05, 3.63) is 36.2 Å². The van der Waals surface area contributed by atoms with Crippen LogP contribution in [0.15, 0.2) is 30.6 Å². The fraction of sp³-hybridized carbons (Fsp3) is 0.273. The third kappa shape index (κ3) is 1.73. The van der Waals surface area contributed by atoms with Gasteiger partial charge < -0.3 is 0 Å². The Balaban J connectivity index is 2.78. The predicted molar refractivity (Wildman–Crippen MR) is 66.6 cm³/mol. The summed E-state index contributed by atoms with van der Waals surface area (Å²) in [6, 6.07) is 5.95. The number of fused-ring (bicyclic) bond motifs is 1. The molecule has 2 nitrogen and oxygen atoms in total. The van der Waals surface area contributed by atoms with E-state index in [-0.39, 0.29) is 3.42 Å². The number of hydrogen-bond donors (Lipinski definition) is 0. The molecule has 0 amide bonds. The van der Waals surface area contributed by atoms with Gasteiger partial charge in [0.2, 0.25) is 0 Å². The number of aromatic nitrogens is 2. The first kappa shape index (κ1) is 9.83. The van der Waals surface area contributed by atoms with Crippen molar-refractivity contribution in [2.75, 3.05) is 0 Å². The van der Waals surface area contributed by atoms with Crippen LogP contribution in [0, 0.1) is 0 Å². The summed E-state index contributed by atoms with van der Waals surface area (Å²) in [6.07, 6.45) is 3.66. The molecule has 0 bridgehead atoms. The van der Waals surface area contributed by atoms with E-state index in [0.29, 0.717) is 0 Å². The lowest BCUT2D eigenvalue weighted by atomic mass is 10.0. The van der Waals surface area contributed by atoms with Crippen molar-refractivity contribution in [1.82, 2.24) is 9.97 Å². The molecule has 0 aliphatic rings. The molecular formula is C11H11IN2. The van der Waals surface area contributed by atoms with E-state index in [1.165, 1.54) is 5.56 Å². The van der Waals surface area contributed by atoms with Crippen molar-refractivity contribution < 1.29 is 0 Å². The molecule has 0 aromatic carbocycles. The maximum Gasteiger partial charge on any atom is 0.0931 e. The summed E-state index contributed by atoms with van der Waals surface area (Å²) in [4.78, 5) is 8.67. The van der Waals surface area contributed by atoms with Crippen LogP contribution < -0.4 is 0 Å². The van der Waals surface area contributed by atoms with Crippen LogP contribution in [0.5, 0.6) is 0 Å². The first-order chi connectivity index (χ1) is 6.59. The van der Waals surface area contributed by atoms with E-state index in [9.17, 15) is 0 Å². The molecule has 72 valence electrons. The molecule has 2 aromatic rings. The van der Waals surface area contributed by atoms with Crippen molar-refractivity contribution in [1.29, 1.82) is 0 Å². The van der Waals surface area contributed by atoms with Gasteiger partial charge in [-0.3, -0.25) is 9.97 Å². The fourth-order valence-electron chi connectivity index (χ4n) is 1.46. The Hall–Kier alpha value is -0.710. The molecule has 0 N–H and O–H groups in total. The molecule has 0 saturated heterocycles. The molecular weight excluding hydrogens is 287 g/mol. The molecule has 14 heavy (non-hydrogen) atoms. The van der Waals surface area contributed by atoms with Gasteiger partial charge in [0, 0.05) is 15.8 Å². The molecule has 0 fully saturated rings. The van der Waals surface area contributed by atoms with Crippen LogP contribution in [-0.4, -0.2) is 9.97 Å². The number of halogens is 1. The molecule has 2 aromatic heterocycles. The van der Waals surface area contributed by atoms with Crippen LogP contribution in [0.3, 0.4) is 0 Å². The van der Waals surface area contributed by atoms with E-state index >= 15 is 0 Å². The lowest BCUT2D eigenvalue weighted by Gasteiger charge is -2.17. The Morgan fingerprint density at radius 3 is 2.64 bits per heavy atom. The van der Waals surface area contributed by atoms with Gasteiger partial charge in [-0.1, -0.05) is 22.6 Å². The van der Waals surface area contributed by atoms with E-state index in [0.717, 1.165) is 11.0 Å². The van der Waals surface area contributed by atoms with Crippen LogP contribution in [0.25, 0.3) is 11.0 Å². The van der Waals surface area contributed by atoms with E-state index < -0.39 is 0 Å². The third-order valence-electron chi connectivity index (χ3n) is 2.14. The van der Waals surface area contributed by atoms with Crippen LogP contribution >= 0.6 is 22.6 Å². The zero-order valence-corrected chi connectivity index (χ0v) is 10.3. The summed E-state index contributed by atoms with van der Waals surface area (Å²) in [5.74, 6) is 0. The Bertz CT molecular complexity index is 455. The molecule has 2 rings (SSSR count). The summed E-state index contributed by atoms with van der Waals surface area (Å²) in [5, 5.41) is 0. The number of hydrogen-bond acceptors (Lipinski definition) is 2. The monoisotopic (exact) mass is 298 g/mol. The zero-order chi connectivity index (χ0) is 10.2. The summed E-state index contributed by atoms with van der Waals surface area (Å²) in [7, 11) is 0. The predicted octanol–water partition coefficient (Wildman–Crippen LogP) is 3.30. The van der Waals surface area contributed by atoms with Gasteiger partial charge in [-0.05, 0) is 37.6 Å². The molecule has 0 unspecified atom stereocenters. The van der Waals surface area contributed by atoms with Crippen LogP contribution in [0.1, 0.15) is 19.4 Å². The van der Waals surface area contributed by atoms with Crippen molar-refractivity contribution in [2.24, 2.45) is 0 Å². The maximum absolute atomic E-state index is 4.38. The normalized spacial score (nSPS) is 11.9. The largest absolute Gasteiger partial charge is 0.255 e. The minimum absolute atomic E-state index is 0.0906. The molecule has 0 atom stereocenters. The molecule has 0 aliphatic carbocycles. The van der Waals surface area contributed by atoms with Gasteiger partial charge in [-0.15, -0.1) is 0 Å². The van der Waals surface area contributed by atoms with Gasteiger partial charge >= 0.3 is 0 Å². The zero-order valence-electron chi connectivity index (χ0n) is 8.16. The van der Waals surface area contributed by atoms with Crippen LogP contribution in [0.2, 0.25) is 0 Å². The van der Waals surface area contributed by atoms with Gasteiger partial charge in [0.15, 0.2) is 0 Å². The van der Waals surface area contributed by atoms with Gasteiger partial charge in [0.25, 0.3) is 0 Å². The Morgan fingerprint density at radius 2 is 1.93 bits per heavy atom. The number of nitrogens with zero attached hydrogens (tertiary/aromatic N) is 2. The second kappa shape index (κ2) is 3.46. The topological polar surface area (TPSA) is 25.8 Å². The lowest BCUT2D eigenvalue weighted by molar-refractivity contribution is 0.831. The second-order valence-corrected chi connectivity index (χ2v) is 6.40. The van der Waals surface area contributed by atoms with Crippen molar-refractivity contribution in [3.63, 3.8) is 0 Å². The van der Waals surface area contributed by atoms with E-state index in [1.54, 1.807) is 0 Å². The van der Waals surface area contributed by atoms with Gasteiger partial charge in [-0.25, -0.2) is 0 Å². The maximum atomic E-state index is 4.38. The molecule has 0 radical (unpaired) electrons. The van der Waals surface area contributed by atoms with Crippen LogP contribution in [0.4, 0.5) is 0 Å².